The quantitative estimate of drug-likeness (QED) is 0.940. The zero-order valence-corrected chi connectivity index (χ0v) is 11.9. The van der Waals surface area contributed by atoms with E-state index in [0.29, 0.717) is 17.1 Å². The minimum atomic E-state index is -0.561. The van der Waals surface area contributed by atoms with Crippen LogP contribution in [0.15, 0.2) is 42.6 Å². The van der Waals surface area contributed by atoms with Gasteiger partial charge in [0.15, 0.2) is 11.5 Å². The van der Waals surface area contributed by atoms with Crippen molar-refractivity contribution in [1.82, 2.24) is 10.3 Å². The molecule has 108 valence electrons. The Morgan fingerprint density at radius 3 is 2.76 bits per heavy atom. The first kappa shape index (κ1) is 13.4. The van der Waals surface area contributed by atoms with Gasteiger partial charge in [0.05, 0.1) is 11.2 Å². The molecular weight excluding hydrogens is 268 g/mol. The maximum atomic E-state index is 12.4. The molecule has 1 aliphatic rings. The second kappa shape index (κ2) is 5.09. The summed E-state index contributed by atoms with van der Waals surface area (Å²) in [5.41, 5.74) is 0.775. The average molecular weight is 284 g/mol. The van der Waals surface area contributed by atoms with Crippen molar-refractivity contribution < 1.29 is 14.3 Å². The summed E-state index contributed by atoms with van der Waals surface area (Å²) < 4.78 is 10.5. The van der Waals surface area contributed by atoms with Crippen molar-refractivity contribution >= 4 is 5.91 Å². The predicted octanol–water partition coefficient (Wildman–Crippen LogP) is 2.48. The number of amides is 1. The molecule has 1 aromatic carbocycles. The molecule has 0 atom stereocenters. The van der Waals surface area contributed by atoms with Gasteiger partial charge in [-0.25, -0.2) is 0 Å². The van der Waals surface area contributed by atoms with Gasteiger partial charge in [-0.1, -0.05) is 6.07 Å². The Morgan fingerprint density at radius 1 is 1.19 bits per heavy atom. The maximum Gasteiger partial charge on any atom is 0.252 e. The molecule has 0 saturated carbocycles. The van der Waals surface area contributed by atoms with Gasteiger partial charge in [-0.05, 0) is 44.2 Å². The Kier molecular flexibility index (Phi) is 3.25. The number of carbonyl (C=O) groups excluding carboxylic acids is 1. The van der Waals surface area contributed by atoms with Crippen LogP contribution in [0.5, 0.6) is 11.5 Å². The maximum absolute atomic E-state index is 12.4. The molecule has 21 heavy (non-hydrogen) atoms. The van der Waals surface area contributed by atoms with Crippen molar-refractivity contribution in [3.8, 4) is 11.5 Å². The first-order valence-corrected chi connectivity index (χ1v) is 6.70. The van der Waals surface area contributed by atoms with Crippen molar-refractivity contribution in [2.75, 3.05) is 6.79 Å². The Morgan fingerprint density at radius 2 is 2.00 bits per heavy atom. The molecule has 0 bridgehead atoms. The van der Waals surface area contributed by atoms with Gasteiger partial charge < -0.3 is 14.8 Å². The average Bonchev–Trinajstić information content (AvgIpc) is 2.95. The summed E-state index contributed by atoms with van der Waals surface area (Å²) >= 11 is 0. The standard InChI is InChI=1S/C16H16N2O3/c1-16(2,14-5-3-4-8-17-14)18-15(19)11-6-7-12-13(9-11)21-10-20-12/h3-9H,10H2,1-2H3,(H,18,19). The first-order valence-electron chi connectivity index (χ1n) is 6.70. The number of rotatable bonds is 3. The van der Waals surface area contributed by atoms with Gasteiger partial charge in [-0.3, -0.25) is 9.78 Å². The lowest BCUT2D eigenvalue weighted by molar-refractivity contribution is 0.0910. The topological polar surface area (TPSA) is 60.5 Å². The second-order valence-electron chi connectivity index (χ2n) is 5.36. The van der Waals surface area contributed by atoms with E-state index in [0.717, 1.165) is 5.69 Å². The van der Waals surface area contributed by atoms with Crippen molar-refractivity contribution in [2.45, 2.75) is 19.4 Å². The number of hydrogen-bond donors (Lipinski definition) is 1. The summed E-state index contributed by atoms with van der Waals surface area (Å²) in [6.07, 6.45) is 1.71. The largest absolute Gasteiger partial charge is 0.454 e. The fraction of sp³-hybridized carbons (Fsp3) is 0.250. The molecule has 2 heterocycles. The molecule has 0 fully saturated rings. The van der Waals surface area contributed by atoms with Crippen LogP contribution in [0.25, 0.3) is 0 Å². The molecule has 5 heteroatoms. The van der Waals surface area contributed by atoms with Gasteiger partial charge in [0.25, 0.3) is 5.91 Å². The van der Waals surface area contributed by atoms with Gasteiger partial charge in [0, 0.05) is 11.8 Å². The molecule has 5 nitrogen and oxygen atoms in total. The highest BCUT2D eigenvalue weighted by atomic mass is 16.7. The number of ether oxygens (including phenoxy) is 2. The number of benzene rings is 1. The summed E-state index contributed by atoms with van der Waals surface area (Å²) in [6.45, 7) is 4.03. The van der Waals surface area contributed by atoms with Crippen LogP contribution < -0.4 is 14.8 Å². The van der Waals surface area contributed by atoms with Gasteiger partial charge in [-0.2, -0.15) is 0 Å². The summed E-state index contributed by atoms with van der Waals surface area (Å²) in [4.78, 5) is 16.7. The SMILES string of the molecule is CC(C)(NC(=O)c1ccc2c(c1)OCO2)c1ccccn1. The Labute approximate surface area is 122 Å². The summed E-state index contributed by atoms with van der Waals surface area (Å²) in [6, 6.07) is 10.8. The highest BCUT2D eigenvalue weighted by molar-refractivity contribution is 5.95. The Hall–Kier alpha value is -2.56. The molecule has 1 amide bonds. The fourth-order valence-corrected chi connectivity index (χ4v) is 2.19. The summed E-state index contributed by atoms with van der Waals surface area (Å²) in [5, 5.41) is 2.98. The number of nitrogens with zero attached hydrogens (tertiary/aromatic N) is 1. The van der Waals surface area contributed by atoms with E-state index in [2.05, 4.69) is 10.3 Å². The Balaban J connectivity index is 1.80. The van der Waals surface area contributed by atoms with Crippen LogP contribution in [0.2, 0.25) is 0 Å². The van der Waals surface area contributed by atoms with Gasteiger partial charge in [-0.15, -0.1) is 0 Å². The molecule has 0 unspecified atom stereocenters. The van der Waals surface area contributed by atoms with E-state index in [4.69, 9.17) is 9.47 Å². The van der Waals surface area contributed by atoms with Crippen LogP contribution in [-0.4, -0.2) is 17.7 Å². The van der Waals surface area contributed by atoms with E-state index >= 15 is 0 Å². The molecule has 0 spiro atoms. The van der Waals surface area contributed by atoms with E-state index in [1.54, 1.807) is 24.4 Å². The third-order valence-corrected chi connectivity index (χ3v) is 3.37. The van der Waals surface area contributed by atoms with Gasteiger partial charge in [0.1, 0.15) is 0 Å². The fourth-order valence-electron chi connectivity index (χ4n) is 2.19. The van der Waals surface area contributed by atoms with Crippen LogP contribution in [-0.2, 0) is 5.54 Å². The van der Waals surface area contributed by atoms with Gasteiger partial charge in [0.2, 0.25) is 6.79 Å². The molecule has 1 N–H and O–H groups in total. The van der Waals surface area contributed by atoms with Crippen molar-refractivity contribution in [3.63, 3.8) is 0 Å². The Bertz CT molecular complexity index is 668. The lowest BCUT2D eigenvalue weighted by Crippen LogP contribution is -2.41. The number of fused-ring (bicyclic) bond motifs is 1. The molecule has 1 aliphatic heterocycles. The smallest absolute Gasteiger partial charge is 0.252 e. The van der Waals surface area contributed by atoms with E-state index in [-0.39, 0.29) is 12.7 Å². The number of pyridine rings is 1. The molecular formula is C16H16N2O3. The number of aromatic nitrogens is 1. The number of hydrogen-bond acceptors (Lipinski definition) is 4. The number of carbonyl (C=O) groups is 1. The molecule has 1 aromatic heterocycles. The minimum Gasteiger partial charge on any atom is -0.454 e. The normalized spacial score (nSPS) is 13.0. The molecule has 3 rings (SSSR count). The monoisotopic (exact) mass is 284 g/mol. The third kappa shape index (κ3) is 2.67. The third-order valence-electron chi connectivity index (χ3n) is 3.37. The first-order chi connectivity index (χ1) is 10.1. The van der Waals surface area contributed by atoms with Crippen molar-refractivity contribution in [2.24, 2.45) is 0 Å². The van der Waals surface area contributed by atoms with E-state index in [1.165, 1.54) is 0 Å². The van der Waals surface area contributed by atoms with E-state index in [1.807, 2.05) is 32.0 Å². The molecule has 0 radical (unpaired) electrons. The predicted molar refractivity (Wildman–Crippen MR) is 77.3 cm³/mol. The van der Waals surface area contributed by atoms with Crippen molar-refractivity contribution in [3.05, 3.63) is 53.9 Å². The second-order valence-corrected chi connectivity index (χ2v) is 5.36. The minimum absolute atomic E-state index is 0.177. The molecule has 0 saturated heterocycles. The lowest BCUT2D eigenvalue weighted by atomic mass is 9.99. The van der Waals surface area contributed by atoms with E-state index < -0.39 is 5.54 Å². The van der Waals surface area contributed by atoms with Crippen LogP contribution in [0.4, 0.5) is 0 Å². The van der Waals surface area contributed by atoms with Crippen LogP contribution in [0.3, 0.4) is 0 Å². The van der Waals surface area contributed by atoms with Gasteiger partial charge >= 0.3 is 0 Å². The molecule has 0 aliphatic carbocycles. The lowest BCUT2D eigenvalue weighted by Gasteiger charge is -2.25. The summed E-state index contributed by atoms with van der Waals surface area (Å²) in [5.74, 6) is 1.08. The molecule has 2 aromatic rings. The zero-order valence-electron chi connectivity index (χ0n) is 11.9. The van der Waals surface area contributed by atoms with Crippen LogP contribution in [0.1, 0.15) is 29.9 Å². The highest BCUT2D eigenvalue weighted by Crippen LogP contribution is 2.32. The van der Waals surface area contributed by atoms with Crippen LogP contribution in [0, 0.1) is 0 Å². The number of nitrogens with one attached hydrogen (secondary N) is 1. The summed E-state index contributed by atoms with van der Waals surface area (Å²) in [7, 11) is 0. The zero-order chi connectivity index (χ0) is 14.9. The highest BCUT2D eigenvalue weighted by Gasteiger charge is 2.25. The van der Waals surface area contributed by atoms with Crippen LogP contribution >= 0.6 is 0 Å². The van der Waals surface area contributed by atoms with Crippen molar-refractivity contribution in [1.29, 1.82) is 0 Å². The van der Waals surface area contributed by atoms with E-state index in [9.17, 15) is 4.79 Å².